The zero-order chi connectivity index (χ0) is 11.5. The van der Waals surface area contributed by atoms with Gasteiger partial charge in [-0.25, -0.2) is 0 Å². The van der Waals surface area contributed by atoms with Gasteiger partial charge in [-0.2, -0.15) is 15.0 Å². The van der Waals surface area contributed by atoms with Crippen LogP contribution in [-0.4, -0.2) is 26.3 Å². The first kappa shape index (κ1) is 12.5. The molecule has 0 N–H and O–H groups in total. The van der Waals surface area contributed by atoms with Crippen LogP contribution in [0, 0.1) is 0 Å². The predicted octanol–water partition coefficient (Wildman–Crippen LogP) is 2.81. The number of hydrogen-bond acceptors (Lipinski definition) is 5. The van der Waals surface area contributed by atoms with E-state index in [1.54, 1.807) is 0 Å². The normalized spacial score (nSPS) is 11.5. The average molecular weight is 248 g/mol. The second kappa shape index (κ2) is 4.99. The number of thioether (sulfide) groups is 1. The van der Waals surface area contributed by atoms with Gasteiger partial charge in [0.2, 0.25) is 5.28 Å². The molecule has 84 valence electrons. The molecule has 0 aliphatic carbocycles. The maximum absolute atomic E-state index is 5.76. The van der Waals surface area contributed by atoms with E-state index in [0.29, 0.717) is 11.8 Å². The first-order valence-electron chi connectivity index (χ1n) is 4.64. The van der Waals surface area contributed by atoms with Gasteiger partial charge in [0.05, 0.1) is 6.61 Å². The summed E-state index contributed by atoms with van der Waals surface area (Å²) in [6, 6.07) is 0.282. The van der Waals surface area contributed by atoms with E-state index >= 15 is 0 Å². The lowest BCUT2D eigenvalue weighted by molar-refractivity contribution is 0.307. The molecule has 0 atom stereocenters. The second-order valence-corrected chi connectivity index (χ2v) is 5.95. The molecule has 0 amide bonds. The minimum Gasteiger partial charge on any atom is -0.464 e. The summed E-state index contributed by atoms with van der Waals surface area (Å²) in [5, 5.41) is 0.756. The zero-order valence-electron chi connectivity index (χ0n) is 9.24. The van der Waals surface area contributed by atoms with Crippen molar-refractivity contribution in [1.82, 2.24) is 15.0 Å². The Balaban J connectivity index is 2.88. The van der Waals surface area contributed by atoms with E-state index in [2.05, 4.69) is 35.7 Å². The van der Waals surface area contributed by atoms with Crippen LogP contribution in [0.3, 0.4) is 0 Å². The number of nitrogens with zero attached hydrogens (tertiary/aromatic N) is 3. The van der Waals surface area contributed by atoms with Crippen LogP contribution in [0.15, 0.2) is 5.16 Å². The molecule has 0 radical (unpaired) electrons. The first-order valence-corrected chi connectivity index (χ1v) is 5.83. The van der Waals surface area contributed by atoms with Crippen molar-refractivity contribution in [2.75, 3.05) is 6.61 Å². The van der Waals surface area contributed by atoms with Crippen LogP contribution in [0.4, 0.5) is 0 Å². The molecule has 1 aromatic rings. The van der Waals surface area contributed by atoms with Crippen molar-refractivity contribution in [3.05, 3.63) is 5.28 Å². The molecule has 4 nitrogen and oxygen atoms in total. The van der Waals surface area contributed by atoms with E-state index in [1.807, 2.05) is 6.92 Å². The van der Waals surface area contributed by atoms with Crippen LogP contribution in [0.2, 0.25) is 5.28 Å². The molecule has 1 heterocycles. The summed E-state index contributed by atoms with van der Waals surface area (Å²) in [4.78, 5) is 12.0. The fourth-order valence-corrected chi connectivity index (χ4v) is 1.83. The molecule has 1 aromatic heterocycles. The third-order valence-electron chi connectivity index (χ3n) is 1.24. The molecule has 0 bridgehead atoms. The highest BCUT2D eigenvalue weighted by molar-refractivity contribution is 8.00. The van der Waals surface area contributed by atoms with Gasteiger partial charge in [0.1, 0.15) is 0 Å². The molecular formula is C9H14ClN3OS. The number of aromatic nitrogens is 3. The molecule has 0 saturated carbocycles. The molecule has 0 aliphatic rings. The van der Waals surface area contributed by atoms with Crippen molar-refractivity contribution < 1.29 is 4.74 Å². The van der Waals surface area contributed by atoms with Crippen molar-refractivity contribution in [2.45, 2.75) is 37.6 Å². The van der Waals surface area contributed by atoms with Crippen LogP contribution >= 0.6 is 23.4 Å². The summed E-state index contributed by atoms with van der Waals surface area (Å²) in [5.41, 5.74) is 0. The minimum absolute atomic E-state index is 0.0359. The Kier molecular flexibility index (Phi) is 4.16. The van der Waals surface area contributed by atoms with E-state index in [4.69, 9.17) is 16.3 Å². The van der Waals surface area contributed by atoms with Crippen molar-refractivity contribution in [3.8, 4) is 6.01 Å². The molecule has 15 heavy (non-hydrogen) atoms. The van der Waals surface area contributed by atoms with Gasteiger partial charge >= 0.3 is 6.01 Å². The second-order valence-electron chi connectivity index (χ2n) is 3.82. The molecule has 0 aromatic carbocycles. The van der Waals surface area contributed by atoms with Gasteiger partial charge in [-0.05, 0) is 18.5 Å². The fraction of sp³-hybridized carbons (Fsp3) is 0.667. The SMILES string of the molecule is CCOc1nc(Cl)nc(SC(C)(C)C)n1. The molecule has 1 rings (SSSR count). The van der Waals surface area contributed by atoms with Gasteiger partial charge < -0.3 is 4.74 Å². The van der Waals surface area contributed by atoms with Gasteiger partial charge in [-0.1, -0.05) is 32.5 Å². The Labute approximate surface area is 98.8 Å². The molecule has 0 aliphatic heterocycles. The molecule has 0 saturated heterocycles. The lowest BCUT2D eigenvalue weighted by atomic mass is 10.3. The highest BCUT2D eigenvalue weighted by atomic mass is 35.5. The standard InChI is InChI=1S/C9H14ClN3OS/c1-5-14-7-11-6(10)12-8(13-7)15-9(2,3)4/h5H2,1-4H3. The Morgan fingerprint density at radius 3 is 2.47 bits per heavy atom. The summed E-state index contributed by atoms with van der Waals surface area (Å²) >= 11 is 7.29. The summed E-state index contributed by atoms with van der Waals surface area (Å²) in [6.07, 6.45) is 0. The Morgan fingerprint density at radius 1 is 1.27 bits per heavy atom. The van der Waals surface area contributed by atoms with Crippen LogP contribution in [0.5, 0.6) is 6.01 Å². The van der Waals surface area contributed by atoms with E-state index in [-0.39, 0.29) is 16.0 Å². The highest BCUT2D eigenvalue weighted by Crippen LogP contribution is 2.30. The smallest absolute Gasteiger partial charge is 0.321 e. The van der Waals surface area contributed by atoms with Gasteiger partial charge in [0.15, 0.2) is 5.16 Å². The summed E-state index contributed by atoms with van der Waals surface area (Å²) in [5.74, 6) is 0. The van der Waals surface area contributed by atoms with Crippen molar-refractivity contribution >= 4 is 23.4 Å². The summed E-state index contributed by atoms with van der Waals surface area (Å²) in [7, 11) is 0. The summed E-state index contributed by atoms with van der Waals surface area (Å²) < 4.78 is 5.22. The molecule has 0 fully saturated rings. The first-order chi connectivity index (χ1) is 6.90. The average Bonchev–Trinajstić information content (AvgIpc) is 1.99. The fourth-order valence-electron chi connectivity index (χ4n) is 0.828. The quantitative estimate of drug-likeness (QED) is 0.769. The van der Waals surface area contributed by atoms with Crippen molar-refractivity contribution in [3.63, 3.8) is 0 Å². The lowest BCUT2D eigenvalue weighted by Gasteiger charge is -2.15. The van der Waals surface area contributed by atoms with Crippen LogP contribution in [0.25, 0.3) is 0 Å². The van der Waals surface area contributed by atoms with Crippen LogP contribution in [0.1, 0.15) is 27.7 Å². The highest BCUT2D eigenvalue weighted by Gasteiger charge is 2.16. The zero-order valence-corrected chi connectivity index (χ0v) is 10.8. The van der Waals surface area contributed by atoms with Crippen LogP contribution < -0.4 is 4.74 Å². The Hall–Kier alpha value is -0.550. The Morgan fingerprint density at radius 2 is 1.93 bits per heavy atom. The monoisotopic (exact) mass is 247 g/mol. The lowest BCUT2D eigenvalue weighted by Crippen LogP contribution is -2.09. The molecular weight excluding hydrogens is 234 g/mol. The van der Waals surface area contributed by atoms with E-state index in [1.165, 1.54) is 11.8 Å². The third-order valence-corrected chi connectivity index (χ3v) is 2.38. The van der Waals surface area contributed by atoms with E-state index in [9.17, 15) is 0 Å². The minimum atomic E-state index is 0.0359. The van der Waals surface area contributed by atoms with Gasteiger partial charge in [0, 0.05) is 4.75 Å². The maximum Gasteiger partial charge on any atom is 0.321 e. The topological polar surface area (TPSA) is 47.9 Å². The Bertz CT molecular complexity index is 341. The predicted molar refractivity (Wildman–Crippen MR) is 61.6 cm³/mol. The number of hydrogen-bond donors (Lipinski definition) is 0. The number of rotatable bonds is 3. The van der Waals surface area contributed by atoms with E-state index in [0.717, 1.165) is 0 Å². The number of ether oxygens (including phenoxy) is 1. The van der Waals surface area contributed by atoms with Crippen LogP contribution in [-0.2, 0) is 0 Å². The van der Waals surface area contributed by atoms with Gasteiger partial charge in [-0.3, -0.25) is 0 Å². The third kappa shape index (κ3) is 4.66. The van der Waals surface area contributed by atoms with Gasteiger partial charge in [0.25, 0.3) is 0 Å². The molecule has 6 heteroatoms. The number of halogens is 1. The van der Waals surface area contributed by atoms with E-state index < -0.39 is 0 Å². The summed E-state index contributed by atoms with van der Waals surface area (Å²) in [6.45, 7) is 8.62. The molecule has 0 spiro atoms. The maximum atomic E-state index is 5.76. The van der Waals surface area contributed by atoms with Crippen molar-refractivity contribution in [2.24, 2.45) is 0 Å². The van der Waals surface area contributed by atoms with Crippen molar-refractivity contribution in [1.29, 1.82) is 0 Å². The molecule has 0 unspecified atom stereocenters. The largest absolute Gasteiger partial charge is 0.464 e. The van der Waals surface area contributed by atoms with Gasteiger partial charge in [-0.15, -0.1) is 0 Å².